The Balaban J connectivity index is 2.17. The molecule has 0 amide bonds. The molecule has 1 saturated heterocycles. The molecule has 1 fully saturated rings. The zero-order valence-electron chi connectivity index (χ0n) is 11.3. The molecule has 1 heterocycles. The summed E-state index contributed by atoms with van der Waals surface area (Å²) in [7, 11) is 0. The number of nitrogens with two attached hydrogens (primary N) is 1. The molecule has 0 saturated carbocycles. The van der Waals surface area contributed by atoms with Crippen molar-refractivity contribution in [3.8, 4) is 0 Å². The number of nitro benzene ring substituents is 1. The highest BCUT2D eigenvalue weighted by Crippen LogP contribution is 2.29. The summed E-state index contributed by atoms with van der Waals surface area (Å²) >= 11 is 0. The van der Waals surface area contributed by atoms with Crippen LogP contribution in [0.15, 0.2) is 18.2 Å². The van der Waals surface area contributed by atoms with E-state index in [-0.39, 0.29) is 10.6 Å². The lowest BCUT2D eigenvalue weighted by atomic mass is 9.94. The summed E-state index contributed by atoms with van der Waals surface area (Å²) in [6.07, 6.45) is 3.37. The van der Waals surface area contributed by atoms with Gasteiger partial charge in [-0.25, -0.2) is 0 Å². The van der Waals surface area contributed by atoms with Gasteiger partial charge in [0.05, 0.1) is 4.92 Å². The van der Waals surface area contributed by atoms with Gasteiger partial charge < -0.3 is 10.6 Å². The van der Waals surface area contributed by atoms with E-state index in [1.54, 1.807) is 13.0 Å². The molecular weight excluding hydrogens is 242 g/mol. The molecule has 5 heteroatoms. The van der Waals surface area contributed by atoms with E-state index in [1.165, 1.54) is 6.42 Å². The first-order chi connectivity index (χ1) is 9.11. The Morgan fingerprint density at radius 2 is 2.32 bits per heavy atom. The van der Waals surface area contributed by atoms with Crippen LogP contribution in [-0.2, 0) is 0 Å². The smallest absolute Gasteiger partial charge is 0.274 e. The van der Waals surface area contributed by atoms with E-state index < -0.39 is 0 Å². The predicted octanol–water partition coefficient (Wildman–Crippen LogP) is 2.47. The zero-order valence-corrected chi connectivity index (χ0v) is 11.3. The lowest BCUT2D eigenvalue weighted by Gasteiger charge is -2.34. The van der Waals surface area contributed by atoms with Crippen molar-refractivity contribution in [2.45, 2.75) is 26.2 Å². The maximum Gasteiger partial charge on any atom is 0.274 e. The number of aryl methyl sites for hydroxylation is 1. The molecule has 0 aromatic heterocycles. The van der Waals surface area contributed by atoms with Crippen LogP contribution < -0.4 is 10.6 Å². The second kappa shape index (κ2) is 6.02. The van der Waals surface area contributed by atoms with Gasteiger partial charge in [-0.05, 0) is 44.7 Å². The molecular formula is C14H21N3O2. The number of nitro groups is 1. The molecule has 0 radical (unpaired) electrons. The van der Waals surface area contributed by atoms with Gasteiger partial charge in [0.25, 0.3) is 5.69 Å². The average Bonchev–Trinajstić information content (AvgIpc) is 2.39. The van der Waals surface area contributed by atoms with Gasteiger partial charge in [0.2, 0.25) is 0 Å². The van der Waals surface area contributed by atoms with Gasteiger partial charge in [0.1, 0.15) is 0 Å². The van der Waals surface area contributed by atoms with Gasteiger partial charge in [-0.1, -0.05) is 6.07 Å². The molecule has 2 rings (SSSR count). The van der Waals surface area contributed by atoms with Crippen molar-refractivity contribution in [1.82, 2.24) is 0 Å². The lowest BCUT2D eigenvalue weighted by molar-refractivity contribution is -0.385. The van der Waals surface area contributed by atoms with Crippen LogP contribution in [0.5, 0.6) is 0 Å². The first-order valence-electron chi connectivity index (χ1n) is 6.82. The summed E-state index contributed by atoms with van der Waals surface area (Å²) in [5, 5.41) is 11.0. The molecule has 1 aromatic carbocycles. The third-order valence-corrected chi connectivity index (χ3v) is 3.85. The molecule has 0 bridgehead atoms. The molecule has 0 aliphatic carbocycles. The molecule has 1 atom stereocenters. The average molecular weight is 263 g/mol. The summed E-state index contributed by atoms with van der Waals surface area (Å²) in [5.74, 6) is 0.610. The topological polar surface area (TPSA) is 72.4 Å². The Morgan fingerprint density at radius 1 is 1.53 bits per heavy atom. The number of hydrogen-bond donors (Lipinski definition) is 1. The summed E-state index contributed by atoms with van der Waals surface area (Å²) in [5.41, 5.74) is 7.50. The van der Waals surface area contributed by atoms with Crippen molar-refractivity contribution >= 4 is 11.4 Å². The maximum atomic E-state index is 11.0. The second-order valence-corrected chi connectivity index (χ2v) is 5.26. The monoisotopic (exact) mass is 263 g/mol. The number of nitrogens with zero attached hydrogens (tertiary/aromatic N) is 2. The summed E-state index contributed by atoms with van der Waals surface area (Å²) in [4.78, 5) is 12.9. The van der Waals surface area contributed by atoms with E-state index in [0.717, 1.165) is 31.6 Å². The van der Waals surface area contributed by atoms with Crippen molar-refractivity contribution in [1.29, 1.82) is 0 Å². The first-order valence-corrected chi connectivity index (χ1v) is 6.82. The van der Waals surface area contributed by atoms with Gasteiger partial charge in [-0.15, -0.1) is 0 Å². The normalized spacial score (nSPS) is 19.5. The molecule has 1 aliphatic heterocycles. The van der Waals surface area contributed by atoms with Gasteiger partial charge in [-0.2, -0.15) is 0 Å². The highest BCUT2D eigenvalue weighted by atomic mass is 16.6. The summed E-state index contributed by atoms with van der Waals surface area (Å²) in [6.45, 7) is 4.42. The molecule has 5 nitrogen and oxygen atoms in total. The predicted molar refractivity (Wildman–Crippen MR) is 76.4 cm³/mol. The number of hydrogen-bond acceptors (Lipinski definition) is 4. The van der Waals surface area contributed by atoms with E-state index in [2.05, 4.69) is 4.90 Å². The maximum absolute atomic E-state index is 11.0. The Labute approximate surface area is 113 Å². The number of piperidine rings is 1. The molecule has 1 aliphatic rings. The van der Waals surface area contributed by atoms with E-state index in [0.29, 0.717) is 18.0 Å². The quantitative estimate of drug-likeness (QED) is 0.669. The van der Waals surface area contributed by atoms with Gasteiger partial charge in [-0.3, -0.25) is 10.1 Å². The third kappa shape index (κ3) is 3.23. The molecule has 104 valence electrons. The van der Waals surface area contributed by atoms with Crippen LogP contribution in [0.4, 0.5) is 11.4 Å². The van der Waals surface area contributed by atoms with E-state index in [1.807, 2.05) is 12.1 Å². The van der Waals surface area contributed by atoms with Crippen LogP contribution in [0.2, 0.25) is 0 Å². The fourth-order valence-electron chi connectivity index (χ4n) is 2.76. The third-order valence-electron chi connectivity index (χ3n) is 3.85. The Kier molecular flexibility index (Phi) is 4.37. The van der Waals surface area contributed by atoms with Crippen LogP contribution in [-0.4, -0.2) is 24.6 Å². The van der Waals surface area contributed by atoms with Crippen LogP contribution in [0.25, 0.3) is 0 Å². The minimum Gasteiger partial charge on any atom is -0.371 e. The Hall–Kier alpha value is -1.62. The van der Waals surface area contributed by atoms with Crippen molar-refractivity contribution in [2.75, 3.05) is 24.5 Å². The minimum atomic E-state index is -0.305. The number of benzene rings is 1. The van der Waals surface area contributed by atoms with Crippen molar-refractivity contribution in [3.63, 3.8) is 0 Å². The SMILES string of the molecule is Cc1ccc(N2CCCC(CCN)C2)cc1[N+](=O)[O-]. The summed E-state index contributed by atoms with van der Waals surface area (Å²) in [6, 6.07) is 5.51. The van der Waals surface area contributed by atoms with Crippen LogP contribution in [0.1, 0.15) is 24.8 Å². The summed E-state index contributed by atoms with van der Waals surface area (Å²) < 4.78 is 0. The molecule has 1 aromatic rings. The fourth-order valence-corrected chi connectivity index (χ4v) is 2.76. The first kappa shape index (κ1) is 13.8. The van der Waals surface area contributed by atoms with Crippen molar-refractivity contribution in [3.05, 3.63) is 33.9 Å². The van der Waals surface area contributed by atoms with E-state index in [4.69, 9.17) is 5.73 Å². The van der Waals surface area contributed by atoms with Crippen LogP contribution >= 0.6 is 0 Å². The van der Waals surface area contributed by atoms with Crippen molar-refractivity contribution < 1.29 is 4.92 Å². The van der Waals surface area contributed by atoms with Gasteiger partial charge in [0, 0.05) is 30.4 Å². The molecule has 0 spiro atoms. The number of rotatable bonds is 4. The van der Waals surface area contributed by atoms with Crippen molar-refractivity contribution in [2.24, 2.45) is 11.7 Å². The largest absolute Gasteiger partial charge is 0.371 e. The zero-order chi connectivity index (χ0) is 13.8. The second-order valence-electron chi connectivity index (χ2n) is 5.26. The Morgan fingerprint density at radius 3 is 3.00 bits per heavy atom. The highest BCUT2D eigenvalue weighted by molar-refractivity contribution is 5.56. The minimum absolute atomic E-state index is 0.207. The number of anilines is 1. The van der Waals surface area contributed by atoms with E-state index in [9.17, 15) is 10.1 Å². The van der Waals surface area contributed by atoms with Crippen LogP contribution in [0, 0.1) is 23.0 Å². The van der Waals surface area contributed by atoms with Gasteiger partial charge >= 0.3 is 0 Å². The molecule has 19 heavy (non-hydrogen) atoms. The highest BCUT2D eigenvalue weighted by Gasteiger charge is 2.21. The van der Waals surface area contributed by atoms with Gasteiger partial charge in [0.15, 0.2) is 0 Å². The molecule has 2 N–H and O–H groups in total. The lowest BCUT2D eigenvalue weighted by Crippen LogP contribution is -2.36. The molecule has 1 unspecified atom stereocenters. The Bertz CT molecular complexity index is 460. The standard InChI is InChI=1S/C14H21N3O2/c1-11-4-5-13(9-14(11)17(18)19)16-8-2-3-12(10-16)6-7-15/h4-5,9,12H,2-3,6-8,10,15H2,1H3. The van der Waals surface area contributed by atoms with E-state index >= 15 is 0 Å². The van der Waals surface area contributed by atoms with Crippen LogP contribution in [0.3, 0.4) is 0 Å². The fraction of sp³-hybridized carbons (Fsp3) is 0.571.